The molecule has 4 nitrogen and oxygen atoms in total. The summed E-state index contributed by atoms with van der Waals surface area (Å²) in [7, 11) is 0. The van der Waals surface area contributed by atoms with E-state index in [9.17, 15) is 4.79 Å². The number of fused-ring (bicyclic) bond motifs is 1. The van der Waals surface area contributed by atoms with Crippen LogP contribution >= 0.6 is 0 Å². The van der Waals surface area contributed by atoms with E-state index in [1.54, 1.807) is 0 Å². The summed E-state index contributed by atoms with van der Waals surface area (Å²) in [6, 6.07) is 29.9. The summed E-state index contributed by atoms with van der Waals surface area (Å²) < 4.78 is 0. The minimum atomic E-state index is 0.147. The molecule has 0 radical (unpaired) electrons. The number of aromatic amines is 1. The lowest BCUT2D eigenvalue weighted by Crippen LogP contribution is -2.38. The molecule has 0 aliphatic carbocycles. The third kappa shape index (κ3) is 4.51. The Bertz CT molecular complexity index is 1270. The first-order valence-electron chi connectivity index (χ1n) is 12.9. The number of likely N-dealkylation sites (tertiary alicyclic amines) is 2. The number of para-hydroxylation sites is 1. The Hall–Kier alpha value is -3.37. The number of aromatic nitrogens is 1. The molecule has 2 aliphatic heterocycles. The quantitative estimate of drug-likeness (QED) is 0.400. The molecule has 2 saturated heterocycles. The average Bonchev–Trinajstić information content (AvgIpc) is 3.54. The highest BCUT2D eigenvalue weighted by Gasteiger charge is 2.38. The van der Waals surface area contributed by atoms with E-state index in [0.717, 1.165) is 49.2 Å². The molecule has 4 heteroatoms. The van der Waals surface area contributed by atoms with Crippen LogP contribution in [0.3, 0.4) is 0 Å². The molecule has 3 aromatic carbocycles. The lowest BCUT2D eigenvalue weighted by molar-refractivity contribution is 0.0783. The summed E-state index contributed by atoms with van der Waals surface area (Å²) in [4.78, 5) is 21.6. The smallest absolute Gasteiger partial charge is 0.256 e. The van der Waals surface area contributed by atoms with Crippen LogP contribution in [-0.2, 0) is 0 Å². The van der Waals surface area contributed by atoms with Crippen LogP contribution in [0.1, 0.15) is 46.2 Å². The maximum atomic E-state index is 13.6. The molecule has 2 fully saturated rings. The molecule has 1 aromatic heterocycles. The highest BCUT2D eigenvalue weighted by molar-refractivity contribution is 6.06. The van der Waals surface area contributed by atoms with E-state index in [1.807, 2.05) is 30.5 Å². The highest BCUT2D eigenvalue weighted by Crippen LogP contribution is 2.36. The Kier molecular flexibility index (Phi) is 6.13. The molecule has 6 rings (SSSR count). The standard InChI is InChI=1S/C31H33N3O/c35-31(28-19-32-30-14-8-7-13-27(28)30)34-21-26(29(22-34)25-11-5-2-6-12-25)20-33-17-15-24(16-18-33)23-9-3-1-4-10-23/h1-14,19,24,26,29,32H,15-18,20-22H2. The van der Waals surface area contributed by atoms with Crippen molar-refractivity contribution in [1.82, 2.24) is 14.8 Å². The van der Waals surface area contributed by atoms with Crippen LogP contribution in [0.5, 0.6) is 0 Å². The van der Waals surface area contributed by atoms with Crippen molar-refractivity contribution < 1.29 is 4.79 Å². The maximum absolute atomic E-state index is 13.6. The maximum Gasteiger partial charge on any atom is 0.256 e. The molecule has 0 bridgehead atoms. The second kappa shape index (κ2) is 9.71. The van der Waals surface area contributed by atoms with Gasteiger partial charge in [-0.25, -0.2) is 0 Å². The van der Waals surface area contributed by atoms with Gasteiger partial charge in [-0.2, -0.15) is 0 Å². The predicted molar refractivity (Wildman–Crippen MR) is 142 cm³/mol. The van der Waals surface area contributed by atoms with Crippen molar-refractivity contribution in [3.05, 3.63) is 108 Å². The third-order valence-electron chi connectivity index (χ3n) is 8.13. The van der Waals surface area contributed by atoms with Crippen LogP contribution in [0.4, 0.5) is 0 Å². The molecule has 35 heavy (non-hydrogen) atoms. The number of carbonyl (C=O) groups is 1. The number of H-pyrrole nitrogens is 1. The van der Waals surface area contributed by atoms with Crippen LogP contribution in [0.2, 0.25) is 0 Å². The first-order valence-corrected chi connectivity index (χ1v) is 12.9. The Morgan fingerprint density at radius 1 is 0.800 bits per heavy atom. The summed E-state index contributed by atoms with van der Waals surface area (Å²) in [6.45, 7) is 4.92. The molecule has 0 spiro atoms. The van der Waals surface area contributed by atoms with Crippen molar-refractivity contribution >= 4 is 16.8 Å². The SMILES string of the molecule is O=C(c1c[nH]c2ccccc12)N1CC(CN2CCC(c3ccccc3)CC2)C(c2ccccc2)C1. The van der Waals surface area contributed by atoms with Crippen molar-refractivity contribution in [1.29, 1.82) is 0 Å². The van der Waals surface area contributed by atoms with Crippen LogP contribution in [0.25, 0.3) is 10.9 Å². The number of carbonyl (C=O) groups excluding carboxylic acids is 1. The lowest BCUT2D eigenvalue weighted by Gasteiger charge is -2.34. The van der Waals surface area contributed by atoms with Gasteiger partial charge in [-0.3, -0.25) is 4.79 Å². The van der Waals surface area contributed by atoms with Crippen molar-refractivity contribution in [2.24, 2.45) is 5.92 Å². The Balaban J connectivity index is 1.18. The molecule has 1 N–H and O–H groups in total. The van der Waals surface area contributed by atoms with Gasteiger partial charge in [-0.1, -0.05) is 78.9 Å². The predicted octanol–water partition coefficient (Wildman–Crippen LogP) is 5.90. The molecule has 1 amide bonds. The Labute approximate surface area is 207 Å². The van der Waals surface area contributed by atoms with Crippen molar-refractivity contribution in [2.75, 3.05) is 32.7 Å². The van der Waals surface area contributed by atoms with Crippen molar-refractivity contribution in [3.63, 3.8) is 0 Å². The van der Waals surface area contributed by atoms with E-state index < -0.39 is 0 Å². The summed E-state index contributed by atoms with van der Waals surface area (Å²) in [6.07, 6.45) is 4.31. The number of benzene rings is 3. The normalized spacial score (nSPS) is 21.5. The summed E-state index contributed by atoms with van der Waals surface area (Å²) in [5.41, 5.74) is 4.64. The van der Waals surface area contributed by atoms with Gasteiger partial charge in [0, 0.05) is 42.7 Å². The van der Waals surface area contributed by atoms with E-state index in [4.69, 9.17) is 0 Å². The van der Waals surface area contributed by atoms with Crippen LogP contribution in [0, 0.1) is 5.92 Å². The second-order valence-electron chi connectivity index (χ2n) is 10.2. The van der Waals surface area contributed by atoms with Gasteiger partial charge in [0.05, 0.1) is 5.56 Å². The monoisotopic (exact) mass is 463 g/mol. The average molecular weight is 464 g/mol. The molecule has 178 valence electrons. The minimum Gasteiger partial charge on any atom is -0.360 e. The van der Waals surface area contributed by atoms with E-state index >= 15 is 0 Å². The van der Waals surface area contributed by atoms with Gasteiger partial charge < -0.3 is 14.8 Å². The first kappa shape index (κ1) is 22.1. The first-order chi connectivity index (χ1) is 17.3. The summed E-state index contributed by atoms with van der Waals surface area (Å²) in [5.74, 6) is 1.63. The van der Waals surface area contributed by atoms with Gasteiger partial charge in [-0.15, -0.1) is 0 Å². The topological polar surface area (TPSA) is 39.3 Å². The van der Waals surface area contributed by atoms with E-state index in [0.29, 0.717) is 17.8 Å². The number of nitrogens with zero attached hydrogens (tertiary/aromatic N) is 2. The zero-order chi connectivity index (χ0) is 23.6. The number of hydrogen-bond acceptors (Lipinski definition) is 2. The summed E-state index contributed by atoms with van der Waals surface area (Å²) in [5, 5.41) is 1.01. The second-order valence-corrected chi connectivity index (χ2v) is 10.2. The zero-order valence-electron chi connectivity index (χ0n) is 20.1. The zero-order valence-corrected chi connectivity index (χ0v) is 20.1. The number of nitrogens with one attached hydrogen (secondary N) is 1. The van der Waals surface area contributed by atoms with Crippen LogP contribution in [0.15, 0.2) is 91.1 Å². The van der Waals surface area contributed by atoms with E-state index in [2.05, 4.69) is 75.4 Å². The van der Waals surface area contributed by atoms with Gasteiger partial charge in [0.1, 0.15) is 0 Å². The number of piperidine rings is 1. The molecular weight excluding hydrogens is 430 g/mol. The van der Waals surface area contributed by atoms with Gasteiger partial charge in [-0.05, 0) is 55.0 Å². The van der Waals surface area contributed by atoms with Gasteiger partial charge in [0.15, 0.2) is 0 Å². The Morgan fingerprint density at radius 3 is 2.20 bits per heavy atom. The molecule has 2 atom stereocenters. The third-order valence-corrected chi connectivity index (χ3v) is 8.13. The number of hydrogen-bond donors (Lipinski definition) is 1. The highest BCUT2D eigenvalue weighted by atomic mass is 16.2. The number of amides is 1. The number of rotatable bonds is 5. The van der Waals surface area contributed by atoms with Crippen LogP contribution < -0.4 is 0 Å². The molecule has 3 heterocycles. The van der Waals surface area contributed by atoms with Crippen molar-refractivity contribution in [2.45, 2.75) is 24.7 Å². The molecular formula is C31H33N3O. The molecule has 2 aliphatic rings. The van der Waals surface area contributed by atoms with Gasteiger partial charge >= 0.3 is 0 Å². The molecule has 4 aromatic rings. The van der Waals surface area contributed by atoms with Gasteiger partial charge in [0.2, 0.25) is 0 Å². The van der Waals surface area contributed by atoms with E-state index in [1.165, 1.54) is 24.0 Å². The van der Waals surface area contributed by atoms with Gasteiger partial charge in [0.25, 0.3) is 5.91 Å². The minimum absolute atomic E-state index is 0.147. The van der Waals surface area contributed by atoms with Crippen LogP contribution in [-0.4, -0.2) is 53.4 Å². The lowest BCUT2D eigenvalue weighted by atomic mass is 9.86. The van der Waals surface area contributed by atoms with E-state index in [-0.39, 0.29) is 5.91 Å². The molecule has 2 unspecified atom stereocenters. The fourth-order valence-electron chi connectivity index (χ4n) is 6.22. The summed E-state index contributed by atoms with van der Waals surface area (Å²) >= 11 is 0. The Morgan fingerprint density at radius 2 is 1.46 bits per heavy atom. The van der Waals surface area contributed by atoms with Crippen molar-refractivity contribution in [3.8, 4) is 0 Å². The molecule has 0 saturated carbocycles. The largest absolute Gasteiger partial charge is 0.360 e. The fraction of sp³-hybridized carbons (Fsp3) is 0.323. The fourth-order valence-corrected chi connectivity index (χ4v) is 6.22.